The number of aliphatic carboxylic acids is 1. The Labute approximate surface area is 204 Å². The predicted molar refractivity (Wildman–Crippen MR) is 128 cm³/mol. The van der Waals surface area contributed by atoms with Crippen LogP contribution in [0.4, 0.5) is 13.2 Å². The number of piperidine rings is 1. The third-order valence-electron chi connectivity index (χ3n) is 8.59. The van der Waals surface area contributed by atoms with Crippen LogP contribution in [-0.2, 0) is 17.5 Å². The lowest BCUT2D eigenvalue weighted by Gasteiger charge is -2.37. The molecule has 5 rings (SSSR count). The quantitative estimate of drug-likeness (QED) is 0.473. The van der Waals surface area contributed by atoms with Gasteiger partial charge in [-0.2, -0.15) is 13.2 Å². The molecule has 35 heavy (non-hydrogen) atoms. The van der Waals surface area contributed by atoms with Crippen LogP contribution in [0.2, 0.25) is 0 Å². The van der Waals surface area contributed by atoms with Crippen molar-refractivity contribution in [2.75, 3.05) is 0 Å². The van der Waals surface area contributed by atoms with Gasteiger partial charge in [0.05, 0.1) is 12.0 Å². The van der Waals surface area contributed by atoms with Gasteiger partial charge < -0.3 is 9.84 Å². The zero-order valence-corrected chi connectivity index (χ0v) is 20.2. The summed E-state index contributed by atoms with van der Waals surface area (Å²) in [4.78, 5) is 13.8. The van der Waals surface area contributed by atoms with Gasteiger partial charge in [0, 0.05) is 18.6 Å². The second-order valence-electron chi connectivity index (χ2n) is 10.7. The number of nitrogens with zero attached hydrogens (tertiary/aromatic N) is 1. The third-order valence-corrected chi connectivity index (χ3v) is 8.59. The number of ether oxygens (including phenoxy) is 1. The number of halogens is 3. The zero-order valence-electron chi connectivity index (χ0n) is 20.2. The Hall–Kier alpha value is -2.28. The fourth-order valence-electron chi connectivity index (χ4n) is 6.62. The van der Waals surface area contributed by atoms with Crippen molar-refractivity contribution >= 4 is 16.7 Å². The first kappa shape index (κ1) is 24.4. The van der Waals surface area contributed by atoms with Crippen LogP contribution in [0.3, 0.4) is 0 Å². The van der Waals surface area contributed by atoms with Gasteiger partial charge in [-0.05, 0) is 85.8 Å². The van der Waals surface area contributed by atoms with Crippen molar-refractivity contribution in [2.24, 2.45) is 11.8 Å². The van der Waals surface area contributed by atoms with Gasteiger partial charge in [0.25, 0.3) is 0 Å². The van der Waals surface area contributed by atoms with Gasteiger partial charge in [-0.25, -0.2) is 0 Å². The Kier molecular flexibility index (Phi) is 6.73. The maximum atomic E-state index is 14.3. The Morgan fingerprint density at radius 3 is 2.29 bits per heavy atom. The molecule has 2 bridgehead atoms. The monoisotopic (exact) mass is 489 g/mol. The molecule has 2 atom stereocenters. The lowest BCUT2D eigenvalue weighted by Crippen LogP contribution is -2.44. The molecular weight excluding hydrogens is 455 g/mol. The van der Waals surface area contributed by atoms with Crippen LogP contribution in [0.5, 0.6) is 5.75 Å². The van der Waals surface area contributed by atoms with Crippen molar-refractivity contribution in [3.63, 3.8) is 0 Å². The van der Waals surface area contributed by atoms with Gasteiger partial charge in [-0.3, -0.25) is 9.69 Å². The van der Waals surface area contributed by atoms with Crippen molar-refractivity contribution < 1.29 is 27.8 Å². The third kappa shape index (κ3) is 5.02. The number of alkyl halides is 3. The van der Waals surface area contributed by atoms with Crippen LogP contribution in [0.25, 0.3) is 10.8 Å². The van der Waals surface area contributed by atoms with Crippen LogP contribution >= 0.6 is 0 Å². The summed E-state index contributed by atoms with van der Waals surface area (Å²) in [5, 5.41) is 10.2. The molecule has 3 aliphatic rings. The maximum Gasteiger partial charge on any atom is 0.420 e. The minimum absolute atomic E-state index is 0.0653. The summed E-state index contributed by atoms with van der Waals surface area (Å²) in [7, 11) is 0. The molecule has 1 saturated carbocycles. The molecule has 0 spiro atoms. The van der Waals surface area contributed by atoms with Gasteiger partial charge in [0.2, 0.25) is 0 Å². The van der Waals surface area contributed by atoms with E-state index in [1.54, 1.807) is 18.2 Å². The highest BCUT2D eigenvalue weighted by molar-refractivity contribution is 5.89. The molecule has 2 heterocycles. The standard InChI is InChI=1S/C28H34F3NO3/c1-2-17-4-10-23(11-5-17)35-25-12-7-19-6-3-18(13-24(19)26(25)28(29,30)31)16-32-21-8-9-22(32)15-20(14-21)27(33)34/h3,6-7,12-13,17,20-23H,2,4-5,8-11,14-16H2,1H3,(H,33,34)/t17-,20?,21?,22?,23+. The highest BCUT2D eigenvalue weighted by Gasteiger charge is 2.43. The van der Waals surface area contributed by atoms with E-state index in [2.05, 4.69) is 11.8 Å². The second-order valence-corrected chi connectivity index (χ2v) is 10.7. The first-order valence-corrected chi connectivity index (χ1v) is 13.0. The molecule has 190 valence electrons. The Bertz CT molecular complexity index is 1060. The molecule has 2 aliphatic heterocycles. The fraction of sp³-hybridized carbons (Fsp3) is 0.607. The first-order valence-electron chi connectivity index (χ1n) is 13.0. The van der Waals surface area contributed by atoms with Crippen LogP contribution in [-0.4, -0.2) is 34.2 Å². The summed E-state index contributed by atoms with van der Waals surface area (Å²) >= 11 is 0. The molecule has 2 saturated heterocycles. The number of hydrogen-bond donors (Lipinski definition) is 1. The van der Waals surface area contributed by atoms with Crippen molar-refractivity contribution in [1.29, 1.82) is 0 Å². The predicted octanol–water partition coefficient (Wildman–Crippen LogP) is 7.03. The topological polar surface area (TPSA) is 49.8 Å². The van der Waals surface area contributed by atoms with Crippen LogP contribution in [0.1, 0.15) is 75.8 Å². The molecule has 3 fully saturated rings. The van der Waals surface area contributed by atoms with Crippen molar-refractivity contribution in [2.45, 2.75) is 95.6 Å². The van der Waals surface area contributed by atoms with Crippen molar-refractivity contribution in [3.8, 4) is 5.75 Å². The number of fused-ring (bicyclic) bond motifs is 3. The second kappa shape index (κ2) is 9.64. The number of carboxylic acid groups (broad SMARTS) is 1. The lowest BCUT2D eigenvalue weighted by atomic mass is 9.86. The fourth-order valence-corrected chi connectivity index (χ4v) is 6.62. The van der Waals surface area contributed by atoms with Crippen LogP contribution in [0.15, 0.2) is 30.3 Å². The van der Waals surface area contributed by atoms with Gasteiger partial charge in [0.1, 0.15) is 11.3 Å². The van der Waals surface area contributed by atoms with E-state index in [-0.39, 0.29) is 35.2 Å². The van der Waals surface area contributed by atoms with E-state index in [0.29, 0.717) is 30.7 Å². The zero-order chi connectivity index (χ0) is 24.7. The number of carboxylic acids is 1. The highest BCUT2D eigenvalue weighted by atomic mass is 19.4. The number of carbonyl (C=O) groups is 1. The minimum Gasteiger partial charge on any atom is -0.490 e. The SMILES string of the molecule is CC[C@H]1CC[C@@H](Oc2ccc3ccc(CN4C5CCC4CC(C(=O)O)C5)cc3c2C(F)(F)F)CC1. The number of benzene rings is 2. The normalized spacial score (nSPS) is 29.4. The van der Waals surface area contributed by atoms with E-state index in [1.807, 2.05) is 6.07 Å². The van der Waals surface area contributed by atoms with Crippen LogP contribution in [0, 0.1) is 11.8 Å². The summed E-state index contributed by atoms with van der Waals surface area (Å²) < 4.78 is 49.0. The smallest absolute Gasteiger partial charge is 0.420 e. The average Bonchev–Trinajstić information content (AvgIpc) is 3.04. The van der Waals surface area contributed by atoms with Crippen molar-refractivity contribution in [3.05, 3.63) is 41.5 Å². The number of hydrogen-bond acceptors (Lipinski definition) is 3. The summed E-state index contributed by atoms with van der Waals surface area (Å²) in [6.45, 7) is 2.70. The molecule has 1 aliphatic carbocycles. The summed E-state index contributed by atoms with van der Waals surface area (Å²) in [6, 6.07) is 8.90. The molecular formula is C28H34F3NO3. The van der Waals surface area contributed by atoms with E-state index in [0.717, 1.165) is 50.5 Å². The molecule has 7 heteroatoms. The van der Waals surface area contributed by atoms with E-state index < -0.39 is 17.7 Å². The molecule has 0 amide bonds. The molecule has 4 nitrogen and oxygen atoms in total. The highest BCUT2D eigenvalue weighted by Crippen LogP contribution is 2.44. The molecule has 2 unspecified atom stereocenters. The molecule has 2 aromatic rings. The summed E-state index contributed by atoms with van der Waals surface area (Å²) in [5.41, 5.74) is 0.149. The molecule has 2 aromatic carbocycles. The van der Waals surface area contributed by atoms with Gasteiger partial charge >= 0.3 is 12.1 Å². The maximum absolute atomic E-state index is 14.3. The number of rotatable bonds is 6. The lowest BCUT2D eigenvalue weighted by molar-refractivity contribution is -0.144. The van der Waals surface area contributed by atoms with E-state index in [1.165, 1.54) is 6.07 Å². The molecule has 1 N–H and O–H groups in total. The van der Waals surface area contributed by atoms with Crippen molar-refractivity contribution in [1.82, 2.24) is 4.90 Å². The van der Waals surface area contributed by atoms with Gasteiger partial charge in [-0.1, -0.05) is 31.5 Å². The first-order chi connectivity index (χ1) is 16.7. The van der Waals surface area contributed by atoms with Crippen LogP contribution < -0.4 is 4.74 Å². The van der Waals surface area contributed by atoms with E-state index in [4.69, 9.17) is 4.74 Å². The minimum atomic E-state index is -4.52. The van der Waals surface area contributed by atoms with Gasteiger partial charge in [-0.15, -0.1) is 0 Å². The molecule has 0 aromatic heterocycles. The Morgan fingerprint density at radius 1 is 1.03 bits per heavy atom. The summed E-state index contributed by atoms with van der Waals surface area (Å²) in [5.74, 6) is -0.474. The Morgan fingerprint density at radius 2 is 1.69 bits per heavy atom. The largest absolute Gasteiger partial charge is 0.490 e. The molecule has 0 radical (unpaired) electrons. The van der Waals surface area contributed by atoms with E-state index in [9.17, 15) is 23.1 Å². The Balaban J connectivity index is 1.41. The average molecular weight is 490 g/mol. The van der Waals surface area contributed by atoms with Gasteiger partial charge in [0.15, 0.2) is 0 Å². The van der Waals surface area contributed by atoms with E-state index >= 15 is 0 Å². The summed E-state index contributed by atoms with van der Waals surface area (Å²) in [6.07, 6.45) is 3.14.